The molecule has 0 unspecified atom stereocenters. The van der Waals surface area contributed by atoms with Crippen LogP contribution < -0.4 is 9.46 Å². The van der Waals surface area contributed by atoms with Gasteiger partial charge in [0.2, 0.25) is 10.0 Å². The van der Waals surface area contributed by atoms with Crippen molar-refractivity contribution in [1.29, 1.82) is 0 Å². The highest BCUT2D eigenvalue weighted by molar-refractivity contribution is 7.89. The minimum Gasteiger partial charge on any atom is -0.493 e. The summed E-state index contributed by atoms with van der Waals surface area (Å²) in [6, 6.07) is 5.80. The topological polar surface area (TPSA) is 75.6 Å². The van der Waals surface area contributed by atoms with Crippen LogP contribution in [-0.2, 0) is 10.0 Å². The zero-order valence-electron chi connectivity index (χ0n) is 13.0. The number of benzene rings is 1. The van der Waals surface area contributed by atoms with Crippen LogP contribution in [0.4, 0.5) is 0 Å². The summed E-state index contributed by atoms with van der Waals surface area (Å²) >= 11 is 0. The second-order valence-corrected chi connectivity index (χ2v) is 7.54. The van der Waals surface area contributed by atoms with Crippen molar-refractivity contribution >= 4 is 10.0 Å². The van der Waals surface area contributed by atoms with Gasteiger partial charge in [-0.2, -0.15) is 0 Å². The number of hydrogen-bond acceptors (Lipinski definition) is 4. The molecule has 2 N–H and O–H groups in total. The number of aliphatic hydroxyl groups excluding tert-OH is 1. The van der Waals surface area contributed by atoms with E-state index in [4.69, 9.17) is 4.74 Å². The summed E-state index contributed by atoms with van der Waals surface area (Å²) in [6.07, 6.45) is 0. The number of ether oxygens (including phenoxy) is 1. The number of nitrogens with one attached hydrogen (secondary N) is 1. The monoisotopic (exact) mass is 315 g/mol. The molecule has 5 nitrogen and oxygen atoms in total. The lowest BCUT2D eigenvalue weighted by Crippen LogP contribution is -2.41. The largest absolute Gasteiger partial charge is 0.493 e. The van der Waals surface area contributed by atoms with E-state index in [1.807, 2.05) is 27.7 Å². The fourth-order valence-electron chi connectivity index (χ4n) is 1.63. The van der Waals surface area contributed by atoms with Gasteiger partial charge in [0.15, 0.2) is 0 Å². The summed E-state index contributed by atoms with van der Waals surface area (Å²) < 4.78 is 32.5. The van der Waals surface area contributed by atoms with E-state index in [0.29, 0.717) is 18.3 Å². The molecule has 0 radical (unpaired) electrons. The zero-order chi connectivity index (χ0) is 16.0. The lowest BCUT2D eigenvalue weighted by atomic mass is 10.1. The van der Waals surface area contributed by atoms with E-state index in [1.165, 1.54) is 12.1 Å². The number of aliphatic hydroxyl groups is 1. The molecule has 120 valence electrons. The van der Waals surface area contributed by atoms with Crippen molar-refractivity contribution < 1.29 is 18.3 Å². The number of hydrogen-bond donors (Lipinski definition) is 2. The second-order valence-electron chi connectivity index (χ2n) is 5.83. The first-order valence-electron chi connectivity index (χ1n) is 7.12. The molecule has 1 aromatic rings. The van der Waals surface area contributed by atoms with E-state index in [9.17, 15) is 13.5 Å². The van der Waals surface area contributed by atoms with Gasteiger partial charge in [0.1, 0.15) is 5.75 Å². The van der Waals surface area contributed by atoms with Gasteiger partial charge in [-0.1, -0.05) is 27.7 Å². The van der Waals surface area contributed by atoms with Crippen LogP contribution in [0, 0.1) is 11.8 Å². The van der Waals surface area contributed by atoms with Crippen LogP contribution in [0.1, 0.15) is 27.7 Å². The van der Waals surface area contributed by atoms with Crippen molar-refractivity contribution in [2.24, 2.45) is 11.8 Å². The van der Waals surface area contributed by atoms with E-state index in [-0.39, 0.29) is 17.4 Å². The van der Waals surface area contributed by atoms with E-state index in [0.717, 1.165) is 0 Å². The van der Waals surface area contributed by atoms with Crippen molar-refractivity contribution in [3.63, 3.8) is 0 Å². The SMILES string of the molecule is CC(C)COc1ccc(S(=O)(=O)N[C@H](CO)C(C)C)cc1. The number of rotatable bonds is 8. The predicted octanol–water partition coefficient (Wildman–Crippen LogP) is 2.02. The molecule has 0 bridgehead atoms. The quantitative estimate of drug-likeness (QED) is 0.769. The number of sulfonamides is 1. The summed E-state index contributed by atoms with van der Waals surface area (Å²) in [6.45, 7) is 8.16. The van der Waals surface area contributed by atoms with Gasteiger partial charge in [-0.05, 0) is 36.1 Å². The lowest BCUT2D eigenvalue weighted by Gasteiger charge is -2.20. The summed E-state index contributed by atoms with van der Waals surface area (Å²) in [5, 5.41) is 9.23. The van der Waals surface area contributed by atoms with Crippen molar-refractivity contribution in [3.05, 3.63) is 24.3 Å². The van der Waals surface area contributed by atoms with Crippen molar-refractivity contribution in [1.82, 2.24) is 4.72 Å². The average molecular weight is 315 g/mol. The van der Waals surface area contributed by atoms with Gasteiger partial charge >= 0.3 is 0 Å². The second kappa shape index (κ2) is 7.77. The molecule has 0 heterocycles. The zero-order valence-corrected chi connectivity index (χ0v) is 13.9. The van der Waals surface area contributed by atoms with Gasteiger partial charge < -0.3 is 9.84 Å². The Bertz CT molecular complexity index is 523. The van der Waals surface area contributed by atoms with Crippen LogP contribution in [-0.4, -0.2) is 32.8 Å². The Balaban J connectivity index is 2.80. The molecule has 1 aromatic carbocycles. The summed E-state index contributed by atoms with van der Waals surface area (Å²) in [5.41, 5.74) is 0. The Labute approximate surface area is 127 Å². The third-order valence-electron chi connectivity index (χ3n) is 3.03. The van der Waals surface area contributed by atoms with E-state index in [1.54, 1.807) is 12.1 Å². The van der Waals surface area contributed by atoms with Crippen LogP contribution in [0.3, 0.4) is 0 Å². The Kier molecular flexibility index (Phi) is 6.64. The lowest BCUT2D eigenvalue weighted by molar-refractivity contribution is 0.227. The van der Waals surface area contributed by atoms with Crippen molar-refractivity contribution in [3.8, 4) is 5.75 Å². The summed E-state index contributed by atoms with van der Waals surface area (Å²) in [5.74, 6) is 1.06. The fraction of sp³-hybridized carbons (Fsp3) is 0.600. The highest BCUT2D eigenvalue weighted by Gasteiger charge is 2.21. The standard InChI is InChI=1S/C15H25NO4S/c1-11(2)10-20-13-5-7-14(8-6-13)21(18,19)16-15(9-17)12(3)4/h5-8,11-12,15-17H,9-10H2,1-4H3/t15-/m1/s1. The first-order chi connectivity index (χ1) is 9.76. The molecule has 1 rings (SSSR count). The normalized spacial score (nSPS) is 13.7. The average Bonchev–Trinajstić information content (AvgIpc) is 2.42. The molecule has 0 aliphatic carbocycles. The molecule has 0 spiro atoms. The minimum atomic E-state index is -3.63. The molecule has 6 heteroatoms. The van der Waals surface area contributed by atoms with Gasteiger partial charge in [0, 0.05) is 6.04 Å². The maximum Gasteiger partial charge on any atom is 0.240 e. The van der Waals surface area contributed by atoms with Crippen LogP contribution in [0.15, 0.2) is 29.2 Å². The minimum absolute atomic E-state index is 0.0124. The predicted molar refractivity (Wildman–Crippen MR) is 82.8 cm³/mol. The van der Waals surface area contributed by atoms with Gasteiger partial charge in [0.05, 0.1) is 18.1 Å². The molecule has 0 aliphatic heterocycles. The summed E-state index contributed by atoms with van der Waals surface area (Å²) in [7, 11) is -3.63. The first-order valence-corrected chi connectivity index (χ1v) is 8.60. The third kappa shape index (κ3) is 5.65. The van der Waals surface area contributed by atoms with E-state index < -0.39 is 16.1 Å². The highest BCUT2D eigenvalue weighted by atomic mass is 32.2. The van der Waals surface area contributed by atoms with Crippen LogP contribution in [0.25, 0.3) is 0 Å². The third-order valence-corrected chi connectivity index (χ3v) is 4.53. The maximum absolute atomic E-state index is 12.2. The smallest absolute Gasteiger partial charge is 0.240 e. The van der Waals surface area contributed by atoms with E-state index in [2.05, 4.69) is 4.72 Å². The van der Waals surface area contributed by atoms with Crippen LogP contribution in [0.2, 0.25) is 0 Å². The van der Waals surface area contributed by atoms with Gasteiger partial charge in [-0.25, -0.2) is 13.1 Å². The Morgan fingerprint density at radius 3 is 2.14 bits per heavy atom. The molecule has 0 aliphatic rings. The molecule has 21 heavy (non-hydrogen) atoms. The van der Waals surface area contributed by atoms with Crippen LogP contribution in [0.5, 0.6) is 5.75 Å². The first kappa shape index (κ1) is 17.9. The van der Waals surface area contributed by atoms with Crippen molar-refractivity contribution in [2.75, 3.05) is 13.2 Å². The highest BCUT2D eigenvalue weighted by Crippen LogP contribution is 2.17. The molecular weight excluding hydrogens is 290 g/mol. The Hall–Kier alpha value is -1.11. The fourth-order valence-corrected chi connectivity index (χ4v) is 3.01. The van der Waals surface area contributed by atoms with Gasteiger partial charge in [0.25, 0.3) is 0 Å². The van der Waals surface area contributed by atoms with Crippen molar-refractivity contribution in [2.45, 2.75) is 38.6 Å². The molecule has 0 aromatic heterocycles. The molecule has 1 atom stereocenters. The molecule has 0 amide bonds. The molecule has 0 saturated heterocycles. The van der Waals surface area contributed by atoms with Gasteiger partial charge in [-0.15, -0.1) is 0 Å². The summed E-state index contributed by atoms with van der Waals surface area (Å²) in [4.78, 5) is 0.165. The van der Waals surface area contributed by atoms with Gasteiger partial charge in [-0.3, -0.25) is 0 Å². The molecule has 0 fully saturated rings. The van der Waals surface area contributed by atoms with Crippen LogP contribution >= 0.6 is 0 Å². The van der Waals surface area contributed by atoms with E-state index >= 15 is 0 Å². The Morgan fingerprint density at radius 2 is 1.71 bits per heavy atom. The Morgan fingerprint density at radius 1 is 1.14 bits per heavy atom. The molecule has 0 saturated carbocycles. The maximum atomic E-state index is 12.2. The molecular formula is C15H25NO4S.